The van der Waals surface area contributed by atoms with Crippen molar-refractivity contribution in [2.45, 2.75) is 0 Å². The lowest BCUT2D eigenvalue weighted by Gasteiger charge is -2.09. The van der Waals surface area contributed by atoms with E-state index in [9.17, 15) is 15.0 Å². The van der Waals surface area contributed by atoms with Crippen molar-refractivity contribution in [1.29, 1.82) is 0 Å². The van der Waals surface area contributed by atoms with Crippen LogP contribution < -0.4 is 15.1 Å². The van der Waals surface area contributed by atoms with E-state index < -0.39 is 5.63 Å². The molecule has 0 saturated carbocycles. The summed E-state index contributed by atoms with van der Waals surface area (Å²) in [7, 11) is 2.92. The first-order chi connectivity index (χ1) is 11.5. The van der Waals surface area contributed by atoms with Gasteiger partial charge in [0.05, 0.1) is 19.6 Å². The molecule has 4 aromatic rings. The number of furan rings is 1. The molecular formula is C17H12O7. The minimum absolute atomic E-state index is 0.181. The van der Waals surface area contributed by atoms with Crippen molar-refractivity contribution in [3.8, 4) is 23.0 Å². The molecule has 24 heavy (non-hydrogen) atoms. The normalized spacial score (nSPS) is 11.4. The van der Waals surface area contributed by atoms with Gasteiger partial charge in [-0.15, -0.1) is 0 Å². The highest BCUT2D eigenvalue weighted by Crippen LogP contribution is 2.41. The fourth-order valence-electron chi connectivity index (χ4n) is 2.84. The Bertz CT molecular complexity index is 1170. The Morgan fingerprint density at radius 2 is 1.67 bits per heavy atom. The van der Waals surface area contributed by atoms with E-state index >= 15 is 0 Å². The third kappa shape index (κ3) is 1.75. The van der Waals surface area contributed by atoms with Gasteiger partial charge in [-0.05, 0) is 18.2 Å². The first-order valence-electron chi connectivity index (χ1n) is 7.01. The summed E-state index contributed by atoms with van der Waals surface area (Å²) in [6.07, 6.45) is 0. The molecule has 0 bridgehead atoms. The highest BCUT2D eigenvalue weighted by molar-refractivity contribution is 6.14. The van der Waals surface area contributed by atoms with Crippen molar-refractivity contribution >= 4 is 32.9 Å². The van der Waals surface area contributed by atoms with Crippen LogP contribution in [0.1, 0.15) is 0 Å². The number of aromatic hydroxyl groups is 2. The van der Waals surface area contributed by atoms with Gasteiger partial charge in [0.15, 0.2) is 28.4 Å². The summed E-state index contributed by atoms with van der Waals surface area (Å²) < 4.78 is 21.6. The van der Waals surface area contributed by atoms with Gasteiger partial charge in [-0.1, -0.05) is 0 Å². The molecule has 122 valence electrons. The van der Waals surface area contributed by atoms with E-state index in [-0.39, 0.29) is 39.4 Å². The first kappa shape index (κ1) is 14.3. The summed E-state index contributed by atoms with van der Waals surface area (Å²) in [6, 6.07) is 5.86. The van der Waals surface area contributed by atoms with Crippen LogP contribution in [0.3, 0.4) is 0 Å². The Morgan fingerprint density at radius 1 is 0.917 bits per heavy atom. The van der Waals surface area contributed by atoms with Crippen LogP contribution in [0, 0.1) is 0 Å². The Labute approximate surface area is 134 Å². The molecule has 0 spiro atoms. The fraction of sp³-hybridized carbons (Fsp3) is 0.118. The maximum absolute atomic E-state index is 12.5. The zero-order chi connectivity index (χ0) is 17.0. The molecule has 2 aromatic carbocycles. The lowest BCUT2D eigenvalue weighted by atomic mass is 10.1. The molecule has 7 nitrogen and oxygen atoms in total. The number of rotatable bonds is 2. The smallest absolute Gasteiger partial charge is 0.348 e. The number of phenols is 2. The Morgan fingerprint density at radius 3 is 2.38 bits per heavy atom. The third-order valence-corrected chi connectivity index (χ3v) is 3.93. The van der Waals surface area contributed by atoms with E-state index in [0.717, 1.165) is 0 Å². The molecule has 4 rings (SSSR count). The van der Waals surface area contributed by atoms with Crippen LogP contribution >= 0.6 is 0 Å². The van der Waals surface area contributed by atoms with E-state index in [1.54, 1.807) is 12.1 Å². The molecule has 0 amide bonds. The van der Waals surface area contributed by atoms with Crippen LogP contribution in [-0.2, 0) is 0 Å². The SMILES string of the molecule is COc1ccc2c(oc(=O)c3c4cc(O)c(O)cc4oc23)c1OC. The minimum Gasteiger partial charge on any atom is -0.504 e. The van der Waals surface area contributed by atoms with Crippen LogP contribution in [0.5, 0.6) is 23.0 Å². The monoisotopic (exact) mass is 328 g/mol. The fourth-order valence-corrected chi connectivity index (χ4v) is 2.84. The zero-order valence-electron chi connectivity index (χ0n) is 12.7. The van der Waals surface area contributed by atoms with Gasteiger partial charge in [-0.3, -0.25) is 0 Å². The van der Waals surface area contributed by atoms with Crippen LogP contribution in [0.4, 0.5) is 0 Å². The number of ether oxygens (including phenoxy) is 2. The molecule has 0 atom stereocenters. The highest BCUT2D eigenvalue weighted by atomic mass is 16.5. The second-order valence-corrected chi connectivity index (χ2v) is 5.21. The second-order valence-electron chi connectivity index (χ2n) is 5.21. The summed E-state index contributed by atoms with van der Waals surface area (Å²) >= 11 is 0. The molecule has 0 unspecified atom stereocenters. The molecule has 7 heteroatoms. The Balaban J connectivity index is 2.25. The van der Waals surface area contributed by atoms with E-state index in [2.05, 4.69) is 0 Å². The Hall–Kier alpha value is -3.35. The highest BCUT2D eigenvalue weighted by Gasteiger charge is 2.21. The quantitative estimate of drug-likeness (QED) is 0.430. The predicted octanol–water partition coefficient (Wildman–Crippen LogP) is 3.12. The molecular weight excluding hydrogens is 316 g/mol. The number of methoxy groups -OCH3 is 2. The van der Waals surface area contributed by atoms with Crippen molar-refractivity contribution < 1.29 is 28.5 Å². The summed E-state index contributed by atoms with van der Waals surface area (Å²) in [5, 5.41) is 20.4. The maximum atomic E-state index is 12.5. The maximum Gasteiger partial charge on any atom is 0.348 e. The molecule has 0 aliphatic heterocycles. The van der Waals surface area contributed by atoms with Gasteiger partial charge < -0.3 is 28.5 Å². The number of hydrogen-bond acceptors (Lipinski definition) is 7. The summed E-state index contributed by atoms with van der Waals surface area (Å²) in [6.45, 7) is 0. The second kappa shape index (κ2) is 4.82. The molecule has 2 aromatic heterocycles. The number of hydrogen-bond donors (Lipinski definition) is 2. The zero-order valence-corrected chi connectivity index (χ0v) is 12.7. The first-order valence-corrected chi connectivity index (χ1v) is 7.01. The van der Waals surface area contributed by atoms with Crippen LogP contribution in [-0.4, -0.2) is 24.4 Å². The topological polar surface area (TPSA) is 102 Å². The molecule has 2 N–H and O–H groups in total. The van der Waals surface area contributed by atoms with E-state index in [1.807, 2.05) is 0 Å². The lowest BCUT2D eigenvalue weighted by Crippen LogP contribution is -2.00. The minimum atomic E-state index is -0.645. The largest absolute Gasteiger partial charge is 0.504 e. The van der Waals surface area contributed by atoms with E-state index in [4.69, 9.17) is 18.3 Å². The molecule has 0 aliphatic carbocycles. The Kier molecular flexibility index (Phi) is 2.86. The van der Waals surface area contributed by atoms with Crippen LogP contribution in [0.2, 0.25) is 0 Å². The number of phenolic OH excluding ortho intramolecular Hbond substituents is 2. The van der Waals surface area contributed by atoms with Gasteiger partial charge in [-0.2, -0.15) is 0 Å². The number of benzene rings is 2. The van der Waals surface area contributed by atoms with Gasteiger partial charge in [0, 0.05) is 11.5 Å². The molecule has 0 radical (unpaired) electrons. The van der Waals surface area contributed by atoms with E-state index in [1.165, 1.54) is 26.4 Å². The van der Waals surface area contributed by atoms with Gasteiger partial charge in [0.25, 0.3) is 0 Å². The van der Waals surface area contributed by atoms with Crippen molar-refractivity contribution in [1.82, 2.24) is 0 Å². The number of fused-ring (bicyclic) bond motifs is 5. The predicted molar refractivity (Wildman–Crippen MR) is 86.2 cm³/mol. The van der Waals surface area contributed by atoms with Gasteiger partial charge in [0.2, 0.25) is 5.75 Å². The van der Waals surface area contributed by atoms with Gasteiger partial charge in [-0.25, -0.2) is 4.79 Å². The van der Waals surface area contributed by atoms with Crippen LogP contribution in [0.25, 0.3) is 32.9 Å². The van der Waals surface area contributed by atoms with Crippen molar-refractivity contribution in [3.05, 3.63) is 34.7 Å². The summed E-state index contributed by atoms with van der Waals surface area (Å²) in [5.41, 5.74) is 0.0897. The molecule has 0 aliphatic rings. The van der Waals surface area contributed by atoms with Crippen molar-refractivity contribution in [2.75, 3.05) is 14.2 Å². The summed E-state index contributed by atoms with van der Waals surface area (Å²) in [4.78, 5) is 12.5. The van der Waals surface area contributed by atoms with Gasteiger partial charge >= 0.3 is 5.63 Å². The molecule has 0 saturated heterocycles. The van der Waals surface area contributed by atoms with Crippen molar-refractivity contribution in [3.63, 3.8) is 0 Å². The summed E-state index contributed by atoms with van der Waals surface area (Å²) in [5.74, 6) is 0.00515. The molecule has 0 fully saturated rings. The average molecular weight is 328 g/mol. The third-order valence-electron chi connectivity index (χ3n) is 3.93. The van der Waals surface area contributed by atoms with Crippen molar-refractivity contribution in [2.24, 2.45) is 0 Å². The van der Waals surface area contributed by atoms with E-state index in [0.29, 0.717) is 16.5 Å². The average Bonchev–Trinajstić information content (AvgIpc) is 2.93. The standard InChI is InChI=1S/C17H12O7/c1-21-11-4-3-7-14-13(17(20)24-15(7)16(11)22-2)8-5-9(18)10(19)6-12(8)23-14/h3-6,18-19H,1-2H3. The molecule has 2 heterocycles. The lowest BCUT2D eigenvalue weighted by molar-refractivity contribution is 0.352. The van der Waals surface area contributed by atoms with Gasteiger partial charge in [0.1, 0.15) is 11.0 Å². The van der Waals surface area contributed by atoms with Crippen LogP contribution in [0.15, 0.2) is 37.9 Å².